The van der Waals surface area contributed by atoms with E-state index < -0.39 is 0 Å². The van der Waals surface area contributed by atoms with E-state index in [2.05, 4.69) is 58.1 Å². The lowest BCUT2D eigenvalue weighted by Gasteiger charge is -2.32. The molecular weight excluding hydrogens is 206 g/mol. The van der Waals surface area contributed by atoms with Crippen LogP contribution in [0, 0.1) is 19.3 Å². The van der Waals surface area contributed by atoms with E-state index in [0.717, 1.165) is 6.54 Å². The molecule has 0 radical (unpaired) electrons. The fourth-order valence-corrected chi connectivity index (χ4v) is 2.48. The van der Waals surface area contributed by atoms with Gasteiger partial charge in [-0.15, -0.1) is 0 Å². The minimum Gasteiger partial charge on any atom is -0.320 e. The van der Waals surface area contributed by atoms with Crippen molar-refractivity contribution in [2.24, 2.45) is 5.41 Å². The molecule has 1 nitrogen and oxygen atoms in total. The van der Waals surface area contributed by atoms with Gasteiger partial charge in [-0.3, -0.25) is 0 Å². The first kappa shape index (κ1) is 14.2. The molecule has 1 N–H and O–H groups in total. The Hall–Kier alpha value is -0.820. The van der Waals surface area contributed by atoms with Gasteiger partial charge in [-0.25, -0.2) is 0 Å². The summed E-state index contributed by atoms with van der Waals surface area (Å²) in [5.74, 6) is 0.620. The molecule has 1 rings (SSSR count). The van der Waals surface area contributed by atoms with Crippen molar-refractivity contribution in [1.82, 2.24) is 5.32 Å². The van der Waals surface area contributed by atoms with Crippen LogP contribution in [0.25, 0.3) is 0 Å². The predicted molar refractivity (Wildman–Crippen MR) is 76.7 cm³/mol. The van der Waals surface area contributed by atoms with Crippen molar-refractivity contribution < 1.29 is 0 Å². The van der Waals surface area contributed by atoms with Gasteiger partial charge in [0.15, 0.2) is 0 Å². The van der Waals surface area contributed by atoms with Crippen molar-refractivity contribution in [2.45, 2.75) is 47.0 Å². The summed E-state index contributed by atoms with van der Waals surface area (Å²) in [5.41, 5.74) is 4.62. The largest absolute Gasteiger partial charge is 0.320 e. The summed E-state index contributed by atoms with van der Waals surface area (Å²) in [5, 5.41) is 3.27. The first-order valence-electron chi connectivity index (χ1n) is 6.58. The summed E-state index contributed by atoms with van der Waals surface area (Å²) in [6, 6.07) is 6.82. The van der Waals surface area contributed by atoms with Gasteiger partial charge >= 0.3 is 0 Å². The van der Waals surface area contributed by atoms with Crippen LogP contribution in [0.2, 0.25) is 0 Å². The summed E-state index contributed by atoms with van der Waals surface area (Å²) >= 11 is 0. The molecule has 0 saturated heterocycles. The van der Waals surface area contributed by atoms with Gasteiger partial charge in [0.25, 0.3) is 0 Å². The van der Waals surface area contributed by atoms with Crippen LogP contribution in [-0.4, -0.2) is 13.6 Å². The standard InChI is InChI=1S/C16H27N/c1-12-7-8-13(2)14(11-12)15(9-10-17-6)16(3,4)5/h7-8,11,15,17H,9-10H2,1-6H3. The van der Waals surface area contributed by atoms with E-state index in [0.29, 0.717) is 11.3 Å². The molecule has 0 aliphatic carbocycles. The van der Waals surface area contributed by atoms with E-state index in [-0.39, 0.29) is 0 Å². The van der Waals surface area contributed by atoms with Crippen molar-refractivity contribution in [2.75, 3.05) is 13.6 Å². The third-order valence-electron chi connectivity index (χ3n) is 3.54. The molecule has 0 fully saturated rings. The maximum atomic E-state index is 3.27. The molecule has 0 bridgehead atoms. The Kier molecular flexibility index (Phi) is 4.76. The van der Waals surface area contributed by atoms with Crippen LogP contribution in [0.4, 0.5) is 0 Å². The van der Waals surface area contributed by atoms with Crippen LogP contribution < -0.4 is 5.32 Å². The van der Waals surface area contributed by atoms with Crippen LogP contribution >= 0.6 is 0 Å². The van der Waals surface area contributed by atoms with Gasteiger partial charge < -0.3 is 5.32 Å². The van der Waals surface area contributed by atoms with Crippen LogP contribution in [0.3, 0.4) is 0 Å². The molecule has 96 valence electrons. The number of rotatable bonds is 4. The van der Waals surface area contributed by atoms with Gasteiger partial charge in [0, 0.05) is 0 Å². The van der Waals surface area contributed by atoms with Crippen molar-refractivity contribution in [3.63, 3.8) is 0 Å². The first-order valence-corrected chi connectivity index (χ1v) is 6.58. The van der Waals surface area contributed by atoms with E-state index in [4.69, 9.17) is 0 Å². The Morgan fingerprint density at radius 3 is 2.35 bits per heavy atom. The minimum atomic E-state index is 0.315. The zero-order valence-electron chi connectivity index (χ0n) is 12.2. The van der Waals surface area contributed by atoms with Crippen LogP contribution in [0.1, 0.15) is 49.8 Å². The van der Waals surface area contributed by atoms with Crippen molar-refractivity contribution in [3.8, 4) is 0 Å². The second-order valence-electron chi connectivity index (χ2n) is 6.17. The summed E-state index contributed by atoms with van der Waals surface area (Å²) in [4.78, 5) is 0. The lowest BCUT2D eigenvalue weighted by Crippen LogP contribution is -2.23. The molecule has 0 saturated carbocycles. The lowest BCUT2D eigenvalue weighted by molar-refractivity contribution is 0.302. The molecule has 0 aliphatic rings. The average Bonchev–Trinajstić information content (AvgIpc) is 2.21. The Bertz CT molecular complexity index is 360. The van der Waals surface area contributed by atoms with E-state index in [1.807, 2.05) is 7.05 Å². The first-order chi connectivity index (χ1) is 7.86. The molecule has 1 unspecified atom stereocenters. The fraction of sp³-hybridized carbons (Fsp3) is 0.625. The Morgan fingerprint density at radius 1 is 1.18 bits per heavy atom. The molecule has 0 aliphatic heterocycles. The highest BCUT2D eigenvalue weighted by molar-refractivity contribution is 5.34. The maximum Gasteiger partial charge on any atom is -0.00459 e. The molecule has 0 heterocycles. The van der Waals surface area contributed by atoms with Crippen LogP contribution in [0.5, 0.6) is 0 Å². The van der Waals surface area contributed by atoms with E-state index in [9.17, 15) is 0 Å². The molecule has 0 aromatic heterocycles. The molecule has 1 atom stereocenters. The third kappa shape index (κ3) is 3.85. The highest BCUT2D eigenvalue weighted by atomic mass is 14.8. The third-order valence-corrected chi connectivity index (χ3v) is 3.54. The van der Waals surface area contributed by atoms with Gasteiger partial charge in [-0.05, 0) is 56.3 Å². The van der Waals surface area contributed by atoms with E-state index in [1.54, 1.807) is 0 Å². The Morgan fingerprint density at radius 2 is 1.82 bits per heavy atom. The number of aryl methyl sites for hydroxylation is 2. The molecule has 0 amide bonds. The average molecular weight is 233 g/mol. The van der Waals surface area contributed by atoms with Gasteiger partial charge in [-0.2, -0.15) is 0 Å². The molecule has 1 aromatic carbocycles. The van der Waals surface area contributed by atoms with Crippen molar-refractivity contribution in [1.29, 1.82) is 0 Å². The smallest absolute Gasteiger partial charge is 0.00459 e. The number of nitrogens with one attached hydrogen (secondary N) is 1. The quantitative estimate of drug-likeness (QED) is 0.827. The fourth-order valence-electron chi connectivity index (χ4n) is 2.48. The number of benzene rings is 1. The molecule has 0 spiro atoms. The molecule has 17 heavy (non-hydrogen) atoms. The number of hydrogen-bond acceptors (Lipinski definition) is 1. The molecule has 1 aromatic rings. The monoisotopic (exact) mass is 233 g/mol. The zero-order valence-corrected chi connectivity index (χ0v) is 12.2. The normalized spacial score (nSPS) is 13.8. The lowest BCUT2D eigenvalue weighted by atomic mass is 9.73. The predicted octanol–water partition coefficient (Wildman–Crippen LogP) is 4.04. The second-order valence-corrected chi connectivity index (χ2v) is 6.17. The highest BCUT2D eigenvalue weighted by Crippen LogP contribution is 2.39. The summed E-state index contributed by atoms with van der Waals surface area (Å²) < 4.78 is 0. The summed E-state index contributed by atoms with van der Waals surface area (Å²) in [6.45, 7) is 12.5. The summed E-state index contributed by atoms with van der Waals surface area (Å²) in [6.07, 6.45) is 1.20. The van der Waals surface area contributed by atoms with Gasteiger partial charge in [0.05, 0.1) is 0 Å². The molecular formula is C16H27N. The van der Waals surface area contributed by atoms with E-state index in [1.165, 1.54) is 23.1 Å². The van der Waals surface area contributed by atoms with Crippen molar-refractivity contribution in [3.05, 3.63) is 34.9 Å². The zero-order chi connectivity index (χ0) is 13.1. The summed E-state index contributed by atoms with van der Waals surface area (Å²) in [7, 11) is 2.03. The van der Waals surface area contributed by atoms with Gasteiger partial charge in [-0.1, -0.05) is 44.5 Å². The Balaban J connectivity index is 3.08. The van der Waals surface area contributed by atoms with Gasteiger partial charge in [0.2, 0.25) is 0 Å². The number of hydrogen-bond donors (Lipinski definition) is 1. The van der Waals surface area contributed by atoms with Crippen molar-refractivity contribution >= 4 is 0 Å². The molecule has 1 heteroatoms. The second kappa shape index (κ2) is 5.68. The highest BCUT2D eigenvalue weighted by Gasteiger charge is 2.26. The van der Waals surface area contributed by atoms with Crippen LogP contribution in [0.15, 0.2) is 18.2 Å². The maximum absolute atomic E-state index is 3.27. The Labute approximate surface area is 107 Å². The topological polar surface area (TPSA) is 12.0 Å². The van der Waals surface area contributed by atoms with E-state index >= 15 is 0 Å². The minimum absolute atomic E-state index is 0.315. The van der Waals surface area contributed by atoms with Crippen LogP contribution in [-0.2, 0) is 0 Å². The van der Waals surface area contributed by atoms with Gasteiger partial charge in [0.1, 0.15) is 0 Å². The SMILES string of the molecule is CNCCC(c1cc(C)ccc1C)C(C)(C)C.